The molecule has 1 aliphatic rings. The van der Waals surface area contributed by atoms with Crippen molar-refractivity contribution in [3.63, 3.8) is 0 Å². The molecule has 0 N–H and O–H groups in total. The summed E-state index contributed by atoms with van der Waals surface area (Å²) in [5.74, 6) is -0.349. The molecule has 1 saturated heterocycles. The monoisotopic (exact) mass is 299 g/mol. The van der Waals surface area contributed by atoms with Crippen molar-refractivity contribution < 1.29 is 14.3 Å². The fourth-order valence-corrected chi connectivity index (χ4v) is 2.84. The van der Waals surface area contributed by atoms with Gasteiger partial charge < -0.3 is 9.64 Å². The van der Waals surface area contributed by atoms with Crippen molar-refractivity contribution >= 4 is 23.6 Å². The average Bonchev–Trinajstić information content (AvgIpc) is 3.10. The number of methoxy groups -OCH3 is 1. The Balaban J connectivity index is 1.97. The zero-order chi connectivity index (χ0) is 14.5. The molecule has 1 aromatic rings. The van der Waals surface area contributed by atoms with E-state index in [2.05, 4.69) is 20.3 Å². The van der Waals surface area contributed by atoms with Crippen molar-refractivity contribution in [1.29, 1.82) is 0 Å². The molecule has 1 amide bonds. The Morgan fingerprint density at radius 2 is 2.10 bits per heavy atom. The third-order valence-corrected chi connectivity index (χ3v) is 4.11. The summed E-state index contributed by atoms with van der Waals surface area (Å²) < 4.78 is 5.91. The van der Waals surface area contributed by atoms with E-state index >= 15 is 0 Å². The van der Waals surface area contributed by atoms with Gasteiger partial charge in [0.1, 0.15) is 6.54 Å². The van der Waals surface area contributed by atoms with Crippen LogP contribution in [0.5, 0.6) is 0 Å². The van der Waals surface area contributed by atoms with Crippen LogP contribution in [0.2, 0.25) is 0 Å². The van der Waals surface area contributed by atoms with Crippen molar-refractivity contribution in [2.24, 2.45) is 0 Å². The molecular weight excluding hydrogens is 282 g/mol. The van der Waals surface area contributed by atoms with Crippen molar-refractivity contribution in [2.45, 2.75) is 36.7 Å². The van der Waals surface area contributed by atoms with Crippen LogP contribution in [-0.4, -0.2) is 62.4 Å². The standard InChI is InChI=1S/C11H17N5O3S/c1-8(10(18)15-5-3-4-6-15)20-11-12-13-14-16(11)7-9(17)19-2/h8H,3-7H2,1-2H3. The third-order valence-electron chi connectivity index (χ3n) is 3.05. The summed E-state index contributed by atoms with van der Waals surface area (Å²) in [5, 5.41) is 11.2. The summed E-state index contributed by atoms with van der Waals surface area (Å²) in [6.07, 6.45) is 2.12. The van der Waals surface area contributed by atoms with Crippen LogP contribution in [0.1, 0.15) is 19.8 Å². The minimum atomic E-state index is -0.433. The normalized spacial score (nSPS) is 16.2. The van der Waals surface area contributed by atoms with Crippen LogP contribution in [0.3, 0.4) is 0 Å². The second-order valence-electron chi connectivity index (χ2n) is 4.49. The lowest BCUT2D eigenvalue weighted by molar-refractivity contribution is -0.141. The number of amides is 1. The van der Waals surface area contributed by atoms with Crippen LogP contribution in [0, 0.1) is 0 Å². The molecule has 1 aliphatic heterocycles. The molecule has 2 heterocycles. The lowest BCUT2D eigenvalue weighted by Crippen LogP contribution is -2.34. The maximum atomic E-state index is 12.2. The molecule has 110 valence electrons. The number of thioether (sulfide) groups is 1. The first kappa shape index (κ1) is 14.8. The molecule has 1 unspecified atom stereocenters. The second-order valence-corrected chi connectivity index (χ2v) is 5.80. The quantitative estimate of drug-likeness (QED) is 0.556. The molecule has 0 aliphatic carbocycles. The van der Waals surface area contributed by atoms with Crippen molar-refractivity contribution in [3.8, 4) is 0 Å². The van der Waals surface area contributed by atoms with Gasteiger partial charge in [-0.3, -0.25) is 9.59 Å². The highest BCUT2D eigenvalue weighted by Gasteiger charge is 2.25. The van der Waals surface area contributed by atoms with E-state index in [0.717, 1.165) is 25.9 Å². The molecule has 20 heavy (non-hydrogen) atoms. The highest BCUT2D eigenvalue weighted by Crippen LogP contribution is 2.23. The van der Waals surface area contributed by atoms with Gasteiger partial charge in [0.05, 0.1) is 12.4 Å². The summed E-state index contributed by atoms with van der Waals surface area (Å²) in [5.41, 5.74) is 0. The molecule has 1 aromatic heterocycles. The SMILES string of the molecule is COC(=O)Cn1nnnc1SC(C)C(=O)N1CCCC1. The minimum absolute atomic E-state index is 0.0591. The van der Waals surface area contributed by atoms with Gasteiger partial charge in [0.15, 0.2) is 0 Å². The van der Waals surface area contributed by atoms with E-state index in [-0.39, 0.29) is 17.7 Å². The Morgan fingerprint density at radius 1 is 1.40 bits per heavy atom. The number of tetrazole rings is 1. The van der Waals surface area contributed by atoms with E-state index in [1.165, 1.54) is 23.6 Å². The number of esters is 1. The zero-order valence-electron chi connectivity index (χ0n) is 11.5. The Bertz CT molecular complexity index is 486. The van der Waals surface area contributed by atoms with Gasteiger partial charge in [-0.15, -0.1) is 5.10 Å². The number of ether oxygens (including phenoxy) is 1. The summed E-state index contributed by atoms with van der Waals surface area (Å²) >= 11 is 1.25. The summed E-state index contributed by atoms with van der Waals surface area (Å²) in [7, 11) is 1.30. The van der Waals surface area contributed by atoms with Crippen molar-refractivity contribution in [1.82, 2.24) is 25.1 Å². The largest absolute Gasteiger partial charge is 0.468 e. The fourth-order valence-electron chi connectivity index (χ4n) is 1.97. The fraction of sp³-hybridized carbons (Fsp3) is 0.727. The second kappa shape index (κ2) is 6.69. The number of carbonyl (C=O) groups is 2. The smallest absolute Gasteiger partial charge is 0.327 e. The van der Waals surface area contributed by atoms with E-state index in [1.807, 2.05) is 11.8 Å². The molecule has 0 aromatic carbocycles. The number of hydrogen-bond donors (Lipinski definition) is 0. The average molecular weight is 299 g/mol. The van der Waals surface area contributed by atoms with Crippen LogP contribution in [0.4, 0.5) is 0 Å². The van der Waals surface area contributed by atoms with Gasteiger partial charge in [-0.05, 0) is 30.2 Å². The van der Waals surface area contributed by atoms with Crippen molar-refractivity contribution in [3.05, 3.63) is 0 Å². The number of carbonyl (C=O) groups excluding carboxylic acids is 2. The number of aromatic nitrogens is 4. The van der Waals surface area contributed by atoms with Crippen LogP contribution < -0.4 is 0 Å². The molecule has 9 heteroatoms. The molecule has 8 nitrogen and oxygen atoms in total. The number of likely N-dealkylation sites (tertiary alicyclic amines) is 1. The first-order valence-corrected chi connectivity index (χ1v) is 7.28. The molecule has 0 bridgehead atoms. The van der Waals surface area contributed by atoms with Gasteiger partial charge in [0.2, 0.25) is 11.1 Å². The van der Waals surface area contributed by atoms with Crippen LogP contribution >= 0.6 is 11.8 Å². The number of rotatable bonds is 5. The van der Waals surface area contributed by atoms with Crippen LogP contribution in [-0.2, 0) is 20.9 Å². The van der Waals surface area contributed by atoms with Crippen LogP contribution in [0.15, 0.2) is 5.16 Å². The highest BCUT2D eigenvalue weighted by atomic mass is 32.2. The molecule has 0 radical (unpaired) electrons. The predicted molar refractivity (Wildman–Crippen MR) is 71.0 cm³/mol. The maximum Gasteiger partial charge on any atom is 0.327 e. The Hall–Kier alpha value is -1.64. The van der Waals surface area contributed by atoms with Gasteiger partial charge in [0.25, 0.3) is 0 Å². The molecule has 2 rings (SSSR count). The Kier molecular flexibility index (Phi) is 4.94. The molecule has 1 fully saturated rings. The molecule has 1 atom stereocenters. The molecule has 0 spiro atoms. The summed E-state index contributed by atoms with van der Waals surface area (Å²) in [6.45, 7) is 3.40. The van der Waals surface area contributed by atoms with Gasteiger partial charge in [0, 0.05) is 13.1 Å². The first-order valence-electron chi connectivity index (χ1n) is 6.40. The molecule has 0 saturated carbocycles. The predicted octanol–water partition coefficient (Wildman–Crippen LogP) is -0.0509. The van der Waals surface area contributed by atoms with E-state index in [0.29, 0.717) is 5.16 Å². The summed E-state index contributed by atoms with van der Waals surface area (Å²) in [4.78, 5) is 25.3. The van der Waals surface area contributed by atoms with Gasteiger partial charge >= 0.3 is 5.97 Å². The lowest BCUT2D eigenvalue weighted by atomic mass is 10.4. The van der Waals surface area contributed by atoms with Gasteiger partial charge in [-0.25, -0.2) is 4.68 Å². The topological polar surface area (TPSA) is 90.2 Å². The number of hydrogen-bond acceptors (Lipinski definition) is 7. The summed E-state index contributed by atoms with van der Waals surface area (Å²) in [6, 6.07) is 0. The minimum Gasteiger partial charge on any atom is -0.468 e. The molecular formula is C11H17N5O3S. The maximum absolute atomic E-state index is 12.2. The van der Waals surface area contributed by atoms with Crippen molar-refractivity contribution in [2.75, 3.05) is 20.2 Å². The van der Waals surface area contributed by atoms with E-state index in [1.54, 1.807) is 0 Å². The first-order chi connectivity index (χ1) is 9.61. The van der Waals surface area contributed by atoms with E-state index in [9.17, 15) is 9.59 Å². The Morgan fingerprint density at radius 3 is 2.75 bits per heavy atom. The van der Waals surface area contributed by atoms with Crippen LogP contribution in [0.25, 0.3) is 0 Å². The lowest BCUT2D eigenvalue weighted by Gasteiger charge is -2.19. The Labute approximate surface area is 120 Å². The zero-order valence-corrected chi connectivity index (χ0v) is 12.3. The van der Waals surface area contributed by atoms with E-state index < -0.39 is 5.97 Å². The number of nitrogens with zero attached hydrogens (tertiary/aromatic N) is 5. The highest BCUT2D eigenvalue weighted by molar-refractivity contribution is 8.00. The van der Waals surface area contributed by atoms with Gasteiger partial charge in [-0.2, -0.15) is 0 Å². The van der Waals surface area contributed by atoms with E-state index in [4.69, 9.17) is 0 Å². The van der Waals surface area contributed by atoms with Gasteiger partial charge in [-0.1, -0.05) is 11.8 Å². The third kappa shape index (κ3) is 3.47.